The lowest BCUT2D eigenvalue weighted by molar-refractivity contribution is -0.202. The normalized spacial score (nSPS) is 44.1. The molecule has 0 aromatic carbocycles. The number of halogens is 1. The molecule has 0 spiro atoms. The zero-order valence-corrected chi connectivity index (χ0v) is 10.7. The summed E-state index contributed by atoms with van der Waals surface area (Å²) in [6.45, 7) is 1.69. The fraction of sp³-hybridized carbons (Fsp3) is 1.00. The summed E-state index contributed by atoms with van der Waals surface area (Å²) in [5, 5.41) is 28.6. The van der Waals surface area contributed by atoms with E-state index in [4.69, 9.17) is 22.1 Å². The van der Waals surface area contributed by atoms with Gasteiger partial charge in [-0.15, -0.1) is 23.4 Å². The predicted octanol–water partition coefficient (Wildman–Crippen LogP) is -0.888. The number of aliphatic hydroxyl groups excluding tert-OH is 3. The Bertz CT molecular complexity index is 232. The van der Waals surface area contributed by atoms with Gasteiger partial charge in [-0.05, 0) is 13.2 Å². The second-order valence-electron chi connectivity index (χ2n) is 3.93. The summed E-state index contributed by atoms with van der Waals surface area (Å²) in [5.41, 5.74) is 5.18. The maximum Gasteiger partial charge on any atom is 0.132 e. The highest BCUT2D eigenvalue weighted by molar-refractivity contribution is 7.99. The number of hydrogen-bond acceptors (Lipinski definition) is 6. The topological polar surface area (TPSA) is 95.9 Å². The third-order valence-corrected chi connectivity index (χ3v) is 3.89. The lowest BCUT2D eigenvalue weighted by atomic mass is 9.94. The Kier molecular flexibility index (Phi) is 5.31. The number of aliphatic hydroxyl groups is 3. The molecule has 7 atom stereocenters. The van der Waals surface area contributed by atoms with Crippen molar-refractivity contribution in [1.82, 2.24) is 0 Å². The van der Waals surface area contributed by atoms with Crippen molar-refractivity contribution in [3.05, 3.63) is 0 Å². The van der Waals surface area contributed by atoms with E-state index in [1.54, 1.807) is 13.2 Å². The molecular weight excluding hydrogens is 254 g/mol. The first kappa shape index (κ1) is 14.5. The number of rotatable bonds is 3. The zero-order valence-electron chi connectivity index (χ0n) is 9.15. The van der Waals surface area contributed by atoms with Crippen molar-refractivity contribution in [3.63, 3.8) is 0 Å². The van der Waals surface area contributed by atoms with Crippen LogP contribution < -0.4 is 5.73 Å². The Hall–Kier alpha value is 0.440. The van der Waals surface area contributed by atoms with Gasteiger partial charge in [0.15, 0.2) is 0 Å². The average molecular weight is 272 g/mol. The Morgan fingerprint density at radius 2 is 1.81 bits per heavy atom. The van der Waals surface area contributed by atoms with Crippen LogP contribution in [0.1, 0.15) is 6.92 Å². The van der Waals surface area contributed by atoms with Gasteiger partial charge in [-0.25, -0.2) is 0 Å². The molecule has 5 nitrogen and oxygen atoms in total. The van der Waals surface area contributed by atoms with E-state index in [0.29, 0.717) is 0 Å². The monoisotopic (exact) mass is 271 g/mol. The smallest absolute Gasteiger partial charge is 0.132 e. The molecule has 7 unspecified atom stereocenters. The average Bonchev–Trinajstić information content (AvgIpc) is 2.25. The third-order valence-electron chi connectivity index (χ3n) is 2.75. The van der Waals surface area contributed by atoms with Gasteiger partial charge < -0.3 is 25.8 Å². The van der Waals surface area contributed by atoms with Crippen molar-refractivity contribution in [2.45, 2.75) is 48.2 Å². The minimum absolute atomic E-state index is 0.399. The Morgan fingerprint density at radius 1 is 1.25 bits per heavy atom. The molecule has 0 aliphatic carbocycles. The highest BCUT2D eigenvalue weighted by Crippen LogP contribution is 2.29. The van der Waals surface area contributed by atoms with E-state index in [9.17, 15) is 15.3 Å². The molecule has 5 N–H and O–H groups in total. The van der Waals surface area contributed by atoms with Crippen LogP contribution in [0.2, 0.25) is 0 Å². The van der Waals surface area contributed by atoms with Crippen LogP contribution in [-0.4, -0.2) is 62.8 Å². The summed E-state index contributed by atoms with van der Waals surface area (Å²) >= 11 is 7.09. The fourth-order valence-electron chi connectivity index (χ4n) is 1.65. The maximum atomic E-state index is 9.76. The summed E-state index contributed by atoms with van der Waals surface area (Å²) in [7, 11) is 0. The van der Waals surface area contributed by atoms with E-state index in [1.807, 2.05) is 0 Å². The fourth-order valence-corrected chi connectivity index (χ4v) is 2.47. The molecule has 1 heterocycles. The maximum absolute atomic E-state index is 9.76. The molecule has 1 saturated heterocycles. The van der Waals surface area contributed by atoms with Gasteiger partial charge in [-0.3, -0.25) is 0 Å². The minimum Gasteiger partial charge on any atom is -0.388 e. The van der Waals surface area contributed by atoms with Crippen LogP contribution in [-0.2, 0) is 4.74 Å². The van der Waals surface area contributed by atoms with Crippen molar-refractivity contribution < 1.29 is 20.1 Å². The van der Waals surface area contributed by atoms with Gasteiger partial charge in [0.25, 0.3) is 0 Å². The summed E-state index contributed by atoms with van der Waals surface area (Å²) < 4.78 is 5.45. The first-order chi connectivity index (χ1) is 7.40. The first-order valence-electron chi connectivity index (χ1n) is 5.02. The number of thioether (sulfide) groups is 1. The molecule has 7 heteroatoms. The van der Waals surface area contributed by atoms with Gasteiger partial charge in [0.1, 0.15) is 29.9 Å². The molecule has 96 valence electrons. The number of ether oxygens (including phenoxy) is 1. The van der Waals surface area contributed by atoms with E-state index in [1.165, 1.54) is 11.8 Å². The molecule has 0 saturated carbocycles. The second kappa shape index (κ2) is 5.86. The summed E-state index contributed by atoms with van der Waals surface area (Å²) in [5.74, 6) is 0. The van der Waals surface area contributed by atoms with Crippen LogP contribution in [0.3, 0.4) is 0 Å². The lowest BCUT2D eigenvalue weighted by Gasteiger charge is -2.42. The van der Waals surface area contributed by atoms with Crippen LogP contribution in [0, 0.1) is 0 Å². The number of nitrogens with two attached hydrogens (primary N) is 1. The van der Waals surface area contributed by atoms with Gasteiger partial charge in [0.2, 0.25) is 0 Å². The zero-order chi connectivity index (χ0) is 12.5. The van der Waals surface area contributed by atoms with E-state index in [-0.39, 0.29) is 0 Å². The second-order valence-corrected chi connectivity index (χ2v) is 5.56. The standard InChI is InChI=1S/C9H18ClNO4S/c1-3(10)4(11)8-6(13)5(12)7(14)9(15-8)16-2/h3-9,12-14H,11H2,1-2H3. The van der Waals surface area contributed by atoms with Crippen molar-refractivity contribution in [1.29, 1.82) is 0 Å². The predicted molar refractivity (Wildman–Crippen MR) is 63.5 cm³/mol. The molecule has 16 heavy (non-hydrogen) atoms. The first-order valence-corrected chi connectivity index (χ1v) is 6.74. The summed E-state index contributed by atoms with van der Waals surface area (Å²) in [6.07, 6.45) is -2.65. The van der Waals surface area contributed by atoms with Gasteiger partial charge in [-0.2, -0.15) is 0 Å². The highest BCUT2D eigenvalue weighted by atomic mass is 35.5. The number of alkyl halides is 1. The minimum atomic E-state index is -1.27. The van der Waals surface area contributed by atoms with Crippen LogP contribution >= 0.6 is 23.4 Å². The molecule has 1 rings (SSSR count). The molecule has 0 aromatic heterocycles. The van der Waals surface area contributed by atoms with Gasteiger partial charge in [-0.1, -0.05) is 0 Å². The van der Waals surface area contributed by atoms with Crippen molar-refractivity contribution in [2.24, 2.45) is 5.73 Å². The van der Waals surface area contributed by atoms with E-state index in [0.717, 1.165) is 0 Å². The molecule has 1 fully saturated rings. The SMILES string of the molecule is CSC1OC(C(N)C(C)Cl)C(O)C(O)C1O. The van der Waals surface area contributed by atoms with Crippen LogP contribution in [0.25, 0.3) is 0 Å². The molecule has 1 aliphatic rings. The molecular formula is C9H18ClNO4S. The van der Waals surface area contributed by atoms with Crippen molar-refractivity contribution in [3.8, 4) is 0 Å². The van der Waals surface area contributed by atoms with Crippen LogP contribution in [0.5, 0.6) is 0 Å². The molecule has 1 aliphatic heterocycles. The van der Waals surface area contributed by atoms with Crippen molar-refractivity contribution in [2.75, 3.05) is 6.26 Å². The Labute approximate surface area is 104 Å². The van der Waals surface area contributed by atoms with E-state index >= 15 is 0 Å². The Balaban J connectivity index is 2.78. The van der Waals surface area contributed by atoms with E-state index < -0.39 is 41.3 Å². The van der Waals surface area contributed by atoms with Crippen LogP contribution in [0.15, 0.2) is 0 Å². The molecule has 0 radical (unpaired) electrons. The van der Waals surface area contributed by atoms with Crippen molar-refractivity contribution >= 4 is 23.4 Å². The lowest BCUT2D eigenvalue weighted by Crippen LogP contribution is -2.62. The molecule has 0 aromatic rings. The van der Waals surface area contributed by atoms with Gasteiger partial charge in [0.05, 0.1) is 0 Å². The highest BCUT2D eigenvalue weighted by Gasteiger charge is 2.46. The number of hydrogen-bond donors (Lipinski definition) is 4. The third kappa shape index (κ3) is 2.81. The Morgan fingerprint density at radius 3 is 2.25 bits per heavy atom. The summed E-state index contributed by atoms with van der Waals surface area (Å²) in [6, 6.07) is -0.603. The van der Waals surface area contributed by atoms with Crippen LogP contribution in [0.4, 0.5) is 0 Å². The molecule has 0 bridgehead atoms. The quantitative estimate of drug-likeness (QED) is 0.498. The van der Waals surface area contributed by atoms with Gasteiger partial charge in [0, 0.05) is 11.4 Å². The molecule has 0 amide bonds. The van der Waals surface area contributed by atoms with E-state index in [2.05, 4.69) is 0 Å². The van der Waals surface area contributed by atoms with Gasteiger partial charge >= 0.3 is 0 Å². The summed E-state index contributed by atoms with van der Waals surface area (Å²) in [4.78, 5) is 0. The largest absolute Gasteiger partial charge is 0.388 e.